The first-order valence-corrected chi connectivity index (χ1v) is 8.03. The lowest BCUT2D eigenvalue weighted by molar-refractivity contribution is -0.150. The molecule has 0 aliphatic carbocycles. The van der Waals surface area contributed by atoms with Gasteiger partial charge in [0.1, 0.15) is 11.6 Å². The lowest BCUT2D eigenvalue weighted by Crippen LogP contribution is -2.40. The fraction of sp³-hybridized carbons (Fsp3) is 0.588. The highest BCUT2D eigenvalue weighted by Gasteiger charge is 2.30. The number of rotatable bonds is 5. The summed E-state index contributed by atoms with van der Waals surface area (Å²) in [6.07, 6.45) is -3.34. The number of amides is 1. The van der Waals surface area contributed by atoms with Crippen LogP contribution in [0.1, 0.15) is 37.7 Å². The first-order chi connectivity index (χ1) is 11.2. The van der Waals surface area contributed by atoms with Crippen LogP contribution in [0.3, 0.4) is 0 Å². The van der Waals surface area contributed by atoms with Gasteiger partial charge in [-0.05, 0) is 43.2 Å². The third kappa shape index (κ3) is 5.76. The number of hydrogen-bond acceptors (Lipinski definition) is 1. The summed E-state index contributed by atoms with van der Waals surface area (Å²) in [7, 11) is 0. The van der Waals surface area contributed by atoms with Crippen LogP contribution in [0.15, 0.2) is 18.2 Å². The third-order valence-electron chi connectivity index (χ3n) is 4.33. The summed E-state index contributed by atoms with van der Waals surface area (Å²) in [5.41, 5.74) is 0.414. The molecule has 134 valence electrons. The van der Waals surface area contributed by atoms with Gasteiger partial charge in [0, 0.05) is 25.6 Å². The monoisotopic (exact) mass is 349 g/mol. The number of hydrogen-bond donors (Lipinski definition) is 0. The summed E-state index contributed by atoms with van der Waals surface area (Å²) >= 11 is 0. The van der Waals surface area contributed by atoms with E-state index < -0.39 is 36.6 Å². The third-order valence-corrected chi connectivity index (χ3v) is 4.33. The number of halogens is 5. The predicted octanol–water partition coefficient (Wildman–Crippen LogP) is 4.48. The lowest BCUT2D eigenvalue weighted by atomic mass is 9.91. The molecule has 1 saturated heterocycles. The Morgan fingerprint density at radius 1 is 1.25 bits per heavy atom. The summed E-state index contributed by atoms with van der Waals surface area (Å²) < 4.78 is 63.1. The molecule has 7 heteroatoms. The molecule has 0 N–H and O–H groups in total. The second-order valence-electron chi connectivity index (χ2n) is 6.24. The summed E-state index contributed by atoms with van der Waals surface area (Å²) in [5.74, 6) is -1.58. The fourth-order valence-electron chi connectivity index (χ4n) is 3.02. The van der Waals surface area contributed by atoms with Gasteiger partial charge in [-0.3, -0.25) is 4.79 Å². The van der Waals surface area contributed by atoms with Gasteiger partial charge in [-0.1, -0.05) is 6.07 Å². The van der Waals surface area contributed by atoms with Crippen LogP contribution in [0.25, 0.3) is 0 Å². The van der Waals surface area contributed by atoms with E-state index in [1.165, 1.54) is 17.0 Å². The molecule has 0 unspecified atom stereocenters. The average Bonchev–Trinajstić information content (AvgIpc) is 2.51. The number of likely N-dealkylation sites (tertiary alicyclic amines) is 1. The van der Waals surface area contributed by atoms with E-state index in [1.807, 2.05) is 0 Å². The highest BCUT2D eigenvalue weighted by atomic mass is 19.4. The molecular formula is C17H20F5NO. The summed E-state index contributed by atoms with van der Waals surface area (Å²) in [6, 6.07) is 3.44. The van der Waals surface area contributed by atoms with Gasteiger partial charge in [-0.15, -0.1) is 0 Å². The predicted molar refractivity (Wildman–Crippen MR) is 79.3 cm³/mol. The van der Waals surface area contributed by atoms with Crippen molar-refractivity contribution in [3.8, 4) is 0 Å². The zero-order chi connectivity index (χ0) is 17.7. The maximum Gasteiger partial charge on any atom is 0.389 e. The molecule has 0 bridgehead atoms. The zero-order valence-corrected chi connectivity index (χ0v) is 13.2. The van der Waals surface area contributed by atoms with Gasteiger partial charge in [0.15, 0.2) is 0 Å². The molecule has 1 heterocycles. The first kappa shape index (κ1) is 18.7. The zero-order valence-electron chi connectivity index (χ0n) is 13.2. The molecule has 0 aromatic heterocycles. The summed E-state index contributed by atoms with van der Waals surface area (Å²) in [6.45, 7) is 0.873. The molecule has 1 amide bonds. The number of piperidine rings is 1. The van der Waals surface area contributed by atoms with Crippen molar-refractivity contribution in [2.24, 2.45) is 5.92 Å². The molecule has 2 rings (SSSR count). The van der Waals surface area contributed by atoms with Gasteiger partial charge in [0.25, 0.3) is 0 Å². The molecule has 24 heavy (non-hydrogen) atoms. The molecule has 0 spiro atoms. The van der Waals surface area contributed by atoms with Crippen LogP contribution >= 0.6 is 0 Å². The van der Waals surface area contributed by atoms with Gasteiger partial charge in [-0.25, -0.2) is 8.78 Å². The van der Waals surface area contributed by atoms with Crippen LogP contribution in [-0.4, -0.2) is 30.1 Å². The molecule has 0 saturated carbocycles. The van der Waals surface area contributed by atoms with E-state index in [0.717, 1.165) is 18.9 Å². The molecule has 1 aliphatic heterocycles. The van der Waals surface area contributed by atoms with Crippen molar-refractivity contribution in [3.05, 3.63) is 35.4 Å². The first-order valence-electron chi connectivity index (χ1n) is 8.03. The molecule has 2 nitrogen and oxygen atoms in total. The van der Waals surface area contributed by atoms with Crippen LogP contribution in [0.5, 0.6) is 0 Å². The van der Waals surface area contributed by atoms with E-state index in [4.69, 9.17) is 0 Å². The van der Waals surface area contributed by atoms with Crippen molar-refractivity contribution in [2.75, 3.05) is 13.1 Å². The lowest BCUT2D eigenvalue weighted by Gasteiger charge is -2.33. The minimum absolute atomic E-state index is 0.123. The maximum atomic E-state index is 13.6. The van der Waals surface area contributed by atoms with Crippen LogP contribution in [-0.2, 0) is 11.2 Å². The van der Waals surface area contributed by atoms with E-state index in [2.05, 4.69) is 0 Å². The summed E-state index contributed by atoms with van der Waals surface area (Å²) in [4.78, 5) is 13.4. The number of alkyl halides is 3. The number of benzene rings is 1. The normalized spacial score (nSPS) is 18.7. The van der Waals surface area contributed by atoms with Gasteiger partial charge in [-0.2, -0.15) is 13.2 Å². The highest BCUT2D eigenvalue weighted by Crippen LogP contribution is 2.25. The highest BCUT2D eigenvalue weighted by molar-refractivity contribution is 5.76. The van der Waals surface area contributed by atoms with Crippen LogP contribution in [0.2, 0.25) is 0 Å². The van der Waals surface area contributed by atoms with E-state index >= 15 is 0 Å². The molecule has 1 aliphatic rings. The Labute approximate surface area is 137 Å². The van der Waals surface area contributed by atoms with Crippen LogP contribution < -0.4 is 0 Å². The van der Waals surface area contributed by atoms with Crippen molar-refractivity contribution in [1.29, 1.82) is 0 Å². The van der Waals surface area contributed by atoms with Gasteiger partial charge >= 0.3 is 6.18 Å². The van der Waals surface area contributed by atoms with E-state index in [9.17, 15) is 26.7 Å². The summed E-state index contributed by atoms with van der Waals surface area (Å²) in [5, 5.41) is 0. The minimum Gasteiger partial charge on any atom is -0.342 e. The molecule has 1 fully saturated rings. The molecule has 1 aromatic carbocycles. The number of carbonyl (C=O) groups is 1. The number of carbonyl (C=O) groups excluding carboxylic acids is 1. The van der Waals surface area contributed by atoms with Gasteiger partial charge in [0.05, 0.1) is 6.42 Å². The minimum atomic E-state index is -4.33. The topological polar surface area (TPSA) is 20.3 Å². The second kappa shape index (κ2) is 7.94. The molecular weight excluding hydrogens is 329 g/mol. The van der Waals surface area contributed by atoms with Crippen molar-refractivity contribution in [3.63, 3.8) is 0 Å². The van der Waals surface area contributed by atoms with Crippen LogP contribution in [0.4, 0.5) is 22.0 Å². The number of nitrogens with zero attached hydrogens (tertiary/aromatic N) is 1. The molecule has 0 radical (unpaired) electrons. The molecule has 1 atom stereocenters. The Hall–Kier alpha value is -1.66. The van der Waals surface area contributed by atoms with Crippen molar-refractivity contribution >= 4 is 5.91 Å². The van der Waals surface area contributed by atoms with Gasteiger partial charge in [0.2, 0.25) is 5.91 Å². The second-order valence-corrected chi connectivity index (χ2v) is 6.24. The largest absolute Gasteiger partial charge is 0.389 e. The maximum absolute atomic E-state index is 13.6. The Kier molecular flexibility index (Phi) is 6.18. The fourth-order valence-corrected chi connectivity index (χ4v) is 3.02. The Bertz CT molecular complexity index is 573. The van der Waals surface area contributed by atoms with Crippen molar-refractivity contribution in [1.82, 2.24) is 4.90 Å². The van der Waals surface area contributed by atoms with Crippen molar-refractivity contribution in [2.45, 2.75) is 44.7 Å². The van der Waals surface area contributed by atoms with E-state index in [1.54, 1.807) is 0 Å². The van der Waals surface area contributed by atoms with Crippen molar-refractivity contribution < 1.29 is 26.7 Å². The smallest absolute Gasteiger partial charge is 0.342 e. The van der Waals surface area contributed by atoms with Crippen LogP contribution in [0, 0.1) is 17.6 Å². The Morgan fingerprint density at radius 3 is 2.67 bits per heavy atom. The Balaban J connectivity index is 1.83. The van der Waals surface area contributed by atoms with Gasteiger partial charge < -0.3 is 4.90 Å². The quantitative estimate of drug-likeness (QED) is 0.718. The Morgan fingerprint density at radius 2 is 2.00 bits per heavy atom. The molecule has 1 aromatic rings. The van der Waals surface area contributed by atoms with E-state index in [-0.39, 0.29) is 5.92 Å². The SMILES string of the molecule is O=C(CCC(F)(F)F)N1CCC[C@@H](CCc2ccc(F)cc2F)C1. The standard InChI is InChI=1S/C17H20F5NO/c18-14-6-5-13(15(19)10-14)4-3-12-2-1-9-23(11-12)16(24)7-8-17(20,21)22/h5-6,10,12H,1-4,7-9,11H2/t12-/m0/s1. The van der Waals surface area contributed by atoms with E-state index in [0.29, 0.717) is 31.5 Å². The number of aryl methyl sites for hydroxylation is 1. The average molecular weight is 349 g/mol.